The van der Waals surface area contributed by atoms with Crippen LogP contribution < -0.4 is 5.32 Å². The van der Waals surface area contributed by atoms with Crippen LogP contribution >= 0.6 is 0 Å². The molecule has 2 rings (SSSR count). The quantitative estimate of drug-likeness (QED) is 0.125. The molecule has 1 aromatic rings. The second-order valence-corrected chi connectivity index (χ2v) is 12.1. The highest BCUT2D eigenvalue weighted by atomic mass is 16.2. The number of carbonyl (C=O) groups is 2. The van der Waals surface area contributed by atoms with Crippen LogP contribution in [0.5, 0.6) is 0 Å². The second kappa shape index (κ2) is 21.9. The molecule has 222 valence electrons. The van der Waals surface area contributed by atoms with Gasteiger partial charge in [0.25, 0.3) is 0 Å². The maximum atomic E-state index is 13.4. The van der Waals surface area contributed by atoms with Gasteiger partial charge in [-0.2, -0.15) is 0 Å². The molecule has 1 fully saturated rings. The van der Waals surface area contributed by atoms with Gasteiger partial charge in [-0.25, -0.2) is 0 Å². The highest BCUT2D eigenvalue weighted by molar-refractivity contribution is 5.88. The van der Waals surface area contributed by atoms with Crippen molar-refractivity contribution in [3.05, 3.63) is 35.9 Å². The molecule has 1 aromatic carbocycles. The Bertz CT molecular complexity index is 742. The third-order valence-corrected chi connectivity index (χ3v) is 8.63. The Hall–Kier alpha value is -1.84. The molecule has 1 saturated carbocycles. The van der Waals surface area contributed by atoms with E-state index in [1.165, 1.54) is 109 Å². The first kappa shape index (κ1) is 33.4. The van der Waals surface area contributed by atoms with Crippen molar-refractivity contribution in [1.29, 1.82) is 0 Å². The van der Waals surface area contributed by atoms with E-state index < -0.39 is 6.04 Å². The summed E-state index contributed by atoms with van der Waals surface area (Å²) < 4.78 is 0. The molecule has 4 nitrogen and oxygen atoms in total. The number of amides is 2. The smallest absolute Gasteiger partial charge is 0.243 e. The van der Waals surface area contributed by atoms with E-state index in [1.807, 2.05) is 25.2 Å². The molecule has 4 heteroatoms. The van der Waals surface area contributed by atoms with E-state index >= 15 is 0 Å². The van der Waals surface area contributed by atoms with Crippen LogP contribution in [0.4, 0.5) is 0 Å². The predicted molar refractivity (Wildman–Crippen MR) is 166 cm³/mol. The average molecular weight is 541 g/mol. The van der Waals surface area contributed by atoms with E-state index in [1.54, 1.807) is 4.90 Å². The summed E-state index contributed by atoms with van der Waals surface area (Å²) in [5.74, 6) is 0.111. The molecule has 0 bridgehead atoms. The van der Waals surface area contributed by atoms with Crippen molar-refractivity contribution in [1.82, 2.24) is 10.2 Å². The highest BCUT2D eigenvalue weighted by Crippen LogP contribution is 2.19. The van der Waals surface area contributed by atoms with Crippen LogP contribution in [0, 0.1) is 0 Å². The largest absolute Gasteiger partial charge is 0.352 e. The van der Waals surface area contributed by atoms with Gasteiger partial charge in [0.1, 0.15) is 6.04 Å². The SMILES string of the molecule is CCCCCCCCCCCCCCCCCC(=O)N(C)[C@H](Cc1ccccc1)C(=O)NC1CCCCCC1. The van der Waals surface area contributed by atoms with Gasteiger partial charge in [0, 0.05) is 25.9 Å². The summed E-state index contributed by atoms with van der Waals surface area (Å²) in [6, 6.07) is 9.92. The summed E-state index contributed by atoms with van der Waals surface area (Å²) in [4.78, 5) is 28.2. The minimum Gasteiger partial charge on any atom is -0.352 e. The van der Waals surface area contributed by atoms with E-state index in [-0.39, 0.29) is 17.9 Å². The van der Waals surface area contributed by atoms with E-state index in [9.17, 15) is 9.59 Å². The number of benzene rings is 1. The van der Waals surface area contributed by atoms with E-state index in [2.05, 4.69) is 24.4 Å². The number of nitrogens with zero attached hydrogens (tertiary/aromatic N) is 1. The maximum Gasteiger partial charge on any atom is 0.243 e. The minimum atomic E-state index is -0.445. The van der Waals surface area contributed by atoms with Crippen molar-refractivity contribution < 1.29 is 9.59 Å². The number of hydrogen-bond acceptors (Lipinski definition) is 2. The normalized spacial score (nSPS) is 15.0. The molecule has 0 heterocycles. The molecular weight excluding hydrogens is 480 g/mol. The lowest BCUT2D eigenvalue weighted by molar-refractivity contribution is -0.139. The first-order valence-electron chi connectivity index (χ1n) is 16.7. The summed E-state index contributed by atoms with van der Waals surface area (Å²) in [5.41, 5.74) is 1.10. The summed E-state index contributed by atoms with van der Waals surface area (Å²) in [5, 5.41) is 3.30. The molecule has 1 N–H and O–H groups in total. The van der Waals surface area contributed by atoms with Gasteiger partial charge in [-0.05, 0) is 24.8 Å². The van der Waals surface area contributed by atoms with Gasteiger partial charge in [-0.3, -0.25) is 9.59 Å². The molecular formula is C35H60N2O2. The van der Waals surface area contributed by atoms with Gasteiger partial charge in [-0.15, -0.1) is 0 Å². The minimum absolute atomic E-state index is 0.0121. The van der Waals surface area contributed by atoms with Gasteiger partial charge < -0.3 is 10.2 Å². The molecule has 0 aromatic heterocycles. The Morgan fingerprint density at radius 3 is 1.74 bits per heavy atom. The Kier molecular flexibility index (Phi) is 18.8. The van der Waals surface area contributed by atoms with Gasteiger partial charge in [-0.1, -0.05) is 153 Å². The van der Waals surface area contributed by atoms with Crippen molar-refractivity contribution in [2.45, 2.75) is 167 Å². The highest BCUT2D eigenvalue weighted by Gasteiger charge is 2.28. The third kappa shape index (κ3) is 15.5. The van der Waals surface area contributed by atoms with Crippen molar-refractivity contribution in [3.63, 3.8) is 0 Å². The Balaban J connectivity index is 1.63. The lowest BCUT2D eigenvalue weighted by atomic mass is 10.0. The predicted octanol–water partition coefficient (Wildman–Crippen LogP) is 9.16. The van der Waals surface area contributed by atoms with Crippen LogP contribution in [-0.2, 0) is 16.0 Å². The first-order chi connectivity index (χ1) is 19.1. The number of likely N-dealkylation sites (N-methyl/N-ethyl adjacent to an activating group) is 1. The maximum absolute atomic E-state index is 13.4. The van der Waals surface area contributed by atoms with Gasteiger partial charge >= 0.3 is 0 Å². The summed E-state index contributed by atoms with van der Waals surface area (Å²) in [6.07, 6.45) is 27.9. The summed E-state index contributed by atoms with van der Waals surface area (Å²) in [7, 11) is 1.83. The molecule has 2 amide bonds. The molecule has 39 heavy (non-hydrogen) atoms. The molecule has 1 aliphatic rings. The van der Waals surface area contributed by atoms with Crippen LogP contribution in [0.15, 0.2) is 30.3 Å². The van der Waals surface area contributed by atoms with Crippen LogP contribution in [-0.4, -0.2) is 35.8 Å². The number of nitrogens with one attached hydrogen (secondary N) is 1. The van der Waals surface area contributed by atoms with E-state index in [4.69, 9.17) is 0 Å². The molecule has 0 unspecified atom stereocenters. The fraction of sp³-hybridized carbons (Fsp3) is 0.771. The van der Waals surface area contributed by atoms with Gasteiger partial charge in [0.15, 0.2) is 0 Å². The molecule has 0 radical (unpaired) electrons. The fourth-order valence-electron chi connectivity index (χ4n) is 5.96. The molecule has 1 aliphatic carbocycles. The summed E-state index contributed by atoms with van der Waals surface area (Å²) >= 11 is 0. The fourth-order valence-corrected chi connectivity index (χ4v) is 5.96. The monoisotopic (exact) mass is 540 g/mol. The topological polar surface area (TPSA) is 49.4 Å². The molecule has 0 saturated heterocycles. The van der Waals surface area contributed by atoms with Crippen molar-refractivity contribution in [2.24, 2.45) is 0 Å². The number of hydrogen-bond donors (Lipinski definition) is 1. The zero-order valence-electron chi connectivity index (χ0n) is 25.6. The molecule has 0 spiro atoms. The first-order valence-corrected chi connectivity index (χ1v) is 16.7. The second-order valence-electron chi connectivity index (χ2n) is 12.1. The Labute approximate surface area is 241 Å². The van der Waals surface area contributed by atoms with Gasteiger partial charge in [0.05, 0.1) is 0 Å². The van der Waals surface area contributed by atoms with E-state index in [0.29, 0.717) is 12.8 Å². The van der Waals surface area contributed by atoms with Crippen molar-refractivity contribution in [2.75, 3.05) is 7.05 Å². The Morgan fingerprint density at radius 2 is 1.23 bits per heavy atom. The van der Waals surface area contributed by atoms with Crippen molar-refractivity contribution in [3.8, 4) is 0 Å². The lowest BCUT2D eigenvalue weighted by Crippen LogP contribution is -2.51. The number of rotatable bonds is 21. The number of carbonyl (C=O) groups excluding carboxylic acids is 2. The average Bonchev–Trinajstić information content (AvgIpc) is 3.22. The summed E-state index contributed by atoms with van der Waals surface area (Å²) in [6.45, 7) is 2.28. The lowest BCUT2D eigenvalue weighted by Gasteiger charge is -2.29. The zero-order valence-corrected chi connectivity index (χ0v) is 25.6. The van der Waals surface area contributed by atoms with Crippen LogP contribution in [0.3, 0.4) is 0 Å². The van der Waals surface area contributed by atoms with Crippen molar-refractivity contribution >= 4 is 11.8 Å². The zero-order chi connectivity index (χ0) is 28.0. The van der Waals surface area contributed by atoms with Gasteiger partial charge in [0.2, 0.25) is 11.8 Å². The van der Waals surface area contributed by atoms with Crippen LogP contribution in [0.2, 0.25) is 0 Å². The standard InChI is InChI=1S/C35H60N2O2/c1-3-4-5-6-7-8-9-10-11-12-13-14-15-16-24-29-34(38)37(2)33(30-31-25-20-19-21-26-31)35(39)36-32-27-22-17-18-23-28-32/h19-21,25-26,32-33H,3-18,22-24,27-30H2,1-2H3,(H,36,39)/t33-/m1/s1. The molecule has 1 atom stereocenters. The van der Waals surface area contributed by atoms with Crippen LogP contribution in [0.25, 0.3) is 0 Å². The van der Waals surface area contributed by atoms with E-state index in [0.717, 1.165) is 31.2 Å². The number of unbranched alkanes of at least 4 members (excludes halogenated alkanes) is 14. The Morgan fingerprint density at radius 1 is 0.744 bits per heavy atom. The van der Waals surface area contributed by atoms with Crippen LogP contribution in [0.1, 0.15) is 154 Å². The molecule has 0 aliphatic heterocycles. The third-order valence-electron chi connectivity index (χ3n) is 8.63.